The average Bonchev–Trinajstić information content (AvgIpc) is 2.72. The molecule has 28 heavy (non-hydrogen) atoms. The Balaban J connectivity index is 2.24. The van der Waals surface area contributed by atoms with E-state index >= 15 is 0 Å². The van der Waals surface area contributed by atoms with Crippen molar-refractivity contribution in [3.63, 3.8) is 0 Å². The lowest BCUT2D eigenvalue weighted by molar-refractivity contribution is 0.0207. The molecule has 1 atom stereocenters. The van der Waals surface area contributed by atoms with Crippen molar-refractivity contribution in [2.24, 2.45) is 0 Å². The minimum Gasteiger partial charge on any atom is -0.493 e. The second-order valence-corrected chi connectivity index (χ2v) is 5.92. The Hall–Kier alpha value is -2.64. The number of ether oxygens (including phenoxy) is 6. The fourth-order valence-electron chi connectivity index (χ4n) is 2.80. The van der Waals surface area contributed by atoms with Crippen LogP contribution in [-0.4, -0.2) is 46.9 Å². The Morgan fingerprint density at radius 1 is 0.821 bits per heavy atom. The zero-order valence-electron chi connectivity index (χ0n) is 17.0. The van der Waals surface area contributed by atoms with Crippen molar-refractivity contribution in [1.29, 1.82) is 0 Å². The van der Waals surface area contributed by atoms with Crippen molar-refractivity contribution >= 4 is 0 Å². The van der Waals surface area contributed by atoms with Gasteiger partial charge in [0, 0.05) is 13.0 Å². The molecule has 7 heteroatoms. The predicted octanol–water partition coefficient (Wildman–Crippen LogP) is 3.37. The van der Waals surface area contributed by atoms with Crippen molar-refractivity contribution in [3.8, 4) is 28.7 Å². The summed E-state index contributed by atoms with van der Waals surface area (Å²) in [4.78, 5) is 0. The maximum atomic E-state index is 10.7. The first kappa shape index (κ1) is 21.7. The van der Waals surface area contributed by atoms with Gasteiger partial charge in [-0.2, -0.15) is 0 Å². The van der Waals surface area contributed by atoms with E-state index < -0.39 is 6.10 Å². The molecule has 0 amide bonds. The van der Waals surface area contributed by atoms with Crippen molar-refractivity contribution in [1.82, 2.24) is 0 Å². The van der Waals surface area contributed by atoms with Gasteiger partial charge in [0.05, 0.1) is 34.5 Å². The van der Waals surface area contributed by atoms with Crippen LogP contribution in [0.15, 0.2) is 30.3 Å². The van der Waals surface area contributed by atoms with E-state index in [4.69, 9.17) is 28.4 Å². The van der Waals surface area contributed by atoms with Crippen LogP contribution in [0.5, 0.6) is 28.7 Å². The Kier molecular flexibility index (Phi) is 8.22. The van der Waals surface area contributed by atoms with E-state index in [-0.39, 0.29) is 6.79 Å². The first-order chi connectivity index (χ1) is 13.6. The van der Waals surface area contributed by atoms with Crippen molar-refractivity contribution < 1.29 is 33.5 Å². The van der Waals surface area contributed by atoms with E-state index in [9.17, 15) is 5.11 Å². The molecule has 154 valence electrons. The second-order valence-electron chi connectivity index (χ2n) is 5.92. The van der Waals surface area contributed by atoms with Gasteiger partial charge in [-0.3, -0.25) is 0 Å². The molecule has 0 aliphatic heterocycles. The van der Waals surface area contributed by atoms with Gasteiger partial charge in [-0.05, 0) is 42.3 Å². The molecule has 1 N–H and O–H groups in total. The largest absolute Gasteiger partial charge is 0.493 e. The van der Waals surface area contributed by atoms with E-state index in [1.165, 1.54) is 0 Å². The van der Waals surface area contributed by atoms with Crippen LogP contribution in [0.4, 0.5) is 0 Å². The normalized spacial score (nSPS) is 11.6. The van der Waals surface area contributed by atoms with Gasteiger partial charge < -0.3 is 33.5 Å². The summed E-state index contributed by atoms with van der Waals surface area (Å²) in [5.74, 6) is 2.68. The Labute approximate surface area is 165 Å². The highest BCUT2D eigenvalue weighted by Gasteiger charge is 2.17. The van der Waals surface area contributed by atoms with Crippen LogP contribution in [0.2, 0.25) is 0 Å². The highest BCUT2D eigenvalue weighted by Crippen LogP contribution is 2.39. The number of rotatable bonds is 11. The molecular formula is C21H28O7. The number of aliphatic hydroxyl groups is 1. The molecular weight excluding hydrogens is 364 g/mol. The first-order valence-electron chi connectivity index (χ1n) is 8.93. The molecule has 0 aliphatic rings. The lowest BCUT2D eigenvalue weighted by Crippen LogP contribution is -2.06. The third-order valence-corrected chi connectivity index (χ3v) is 4.23. The fourth-order valence-corrected chi connectivity index (χ4v) is 2.80. The van der Waals surface area contributed by atoms with Crippen LogP contribution >= 0.6 is 0 Å². The van der Waals surface area contributed by atoms with Gasteiger partial charge in [0.2, 0.25) is 5.75 Å². The number of methoxy groups -OCH3 is 4. The molecule has 0 heterocycles. The minimum absolute atomic E-state index is 0.110. The molecule has 0 spiro atoms. The Morgan fingerprint density at radius 3 is 2.00 bits per heavy atom. The Morgan fingerprint density at radius 2 is 1.46 bits per heavy atom. The summed E-state index contributed by atoms with van der Waals surface area (Å²) in [6.45, 7) is 2.54. The number of benzene rings is 2. The third kappa shape index (κ3) is 5.21. The van der Waals surface area contributed by atoms with Crippen LogP contribution in [-0.2, 0) is 11.2 Å². The topological polar surface area (TPSA) is 75.6 Å². The van der Waals surface area contributed by atoms with Crippen LogP contribution < -0.4 is 23.7 Å². The summed E-state index contributed by atoms with van der Waals surface area (Å²) in [6.07, 6.45) is -0.406. The molecule has 2 aromatic rings. The average molecular weight is 392 g/mol. The maximum absolute atomic E-state index is 10.7. The minimum atomic E-state index is -0.761. The lowest BCUT2D eigenvalue weighted by atomic mass is 10.00. The van der Waals surface area contributed by atoms with Gasteiger partial charge in [-0.1, -0.05) is 6.07 Å². The van der Waals surface area contributed by atoms with E-state index in [1.54, 1.807) is 46.6 Å². The van der Waals surface area contributed by atoms with Crippen LogP contribution in [0.1, 0.15) is 24.2 Å². The lowest BCUT2D eigenvalue weighted by Gasteiger charge is -2.17. The van der Waals surface area contributed by atoms with Crippen LogP contribution in [0.25, 0.3) is 0 Å². The molecule has 1 unspecified atom stereocenters. The van der Waals surface area contributed by atoms with E-state index in [1.807, 2.05) is 19.1 Å². The zero-order valence-corrected chi connectivity index (χ0v) is 17.0. The molecule has 0 aromatic heterocycles. The summed E-state index contributed by atoms with van der Waals surface area (Å²) >= 11 is 0. The number of aliphatic hydroxyl groups excluding tert-OH is 1. The molecule has 2 aromatic carbocycles. The highest BCUT2D eigenvalue weighted by molar-refractivity contribution is 5.54. The molecule has 0 radical (unpaired) electrons. The summed E-state index contributed by atoms with van der Waals surface area (Å²) in [5, 5.41) is 10.7. The predicted molar refractivity (Wildman–Crippen MR) is 105 cm³/mol. The zero-order chi connectivity index (χ0) is 20.5. The number of hydrogen-bond donors (Lipinski definition) is 1. The summed E-state index contributed by atoms with van der Waals surface area (Å²) in [5.41, 5.74) is 1.54. The van der Waals surface area contributed by atoms with E-state index in [0.717, 1.165) is 5.56 Å². The molecule has 0 saturated heterocycles. The van der Waals surface area contributed by atoms with Gasteiger partial charge in [0.25, 0.3) is 0 Å². The van der Waals surface area contributed by atoms with Crippen molar-refractivity contribution in [3.05, 3.63) is 41.5 Å². The molecule has 0 saturated carbocycles. The quantitative estimate of drug-likeness (QED) is 0.464. The van der Waals surface area contributed by atoms with Gasteiger partial charge in [0.15, 0.2) is 29.8 Å². The molecule has 7 nitrogen and oxygen atoms in total. The maximum Gasteiger partial charge on any atom is 0.203 e. The van der Waals surface area contributed by atoms with Crippen molar-refractivity contribution in [2.75, 3.05) is 41.8 Å². The molecule has 0 aliphatic carbocycles. The second kappa shape index (κ2) is 10.6. The third-order valence-electron chi connectivity index (χ3n) is 4.23. The summed E-state index contributed by atoms with van der Waals surface area (Å²) in [7, 11) is 6.23. The Bertz CT molecular complexity index is 735. The van der Waals surface area contributed by atoms with Crippen LogP contribution in [0, 0.1) is 0 Å². The summed E-state index contributed by atoms with van der Waals surface area (Å²) in [6, 6.07) is 8.95. The van der Waals surface area contributed by atoms with Crippen LogP contribution in [0.3, 0.4) is 0 Å². The first-order valence-corrected chi connectivity index (χ1v) is 8.93. The van der Waals surface area contributed by atoms with Gasteiger partial charge in [-0.15, -0.1) is 0 Å². The molecule has 0 bridgehead atoms. The molecule has 2 rings (SSSR count). The monoisotopic (exact) mass is 392 g/mol. The standard InChI is InChI=1S/C21H28O7/c1-6-27-13-28-18-12-15(7-8-17(18)23-2)16(22)9-14-10-19(24-3)21(26-5)20(11-14)25-4/h7-8,10-12,16,22H,6,9,13H2,1-5H3. The van der Waals surface area contributed by atoms with E-state index in [2.05, 4.69) is 0 Å². The summed E-state index contributed by atoms with van der Waals surface area (Å²) < 4.78 is 32.2. The molecule has 0 fully saturated rings. The number of hydrogen-bond acceptors (Lipinski definition) is 7. The fraction of sp³-hybridized carbons (Fsp3) is 0.429. The van der Waals surface area contributed by atoms with Gasteiger partial charge >= 0.3 is 0 Å². The van der Waals surface area contributed by atoms with Gasteiger partial charge in [0.1, 0.15) is 0 Å². The van der Waals surface area contributed by atoms with Gasteiger partial charge in [-0.25, -0.2) is 0 Å². The van der Waals surface area contributed by atoms with Crippen molar-refractivity contribution in [2.45, 2.75) is 19.4 Å². The SMILES string of the molecule is CCOCOc1cc(C(O)Cc2cc(OC)c(OC)c(OC)c2)ccc1OC. The smallest absolute Gasteiger partial charge is 0.203 e. The highest BCUT2D eigenvalue weighted by atomic mass is 16.7. The van der Waals surface area contributed by atoms with E-state index in [0.29, 0.717) is 47.3 Å².